The van der Waals surface area contributed by atoms with E-state index in [0.29, 0.717) is 24.4 Å². The second kappa shape index (κ2) is 8.05. The first kappa shape index (κ1) is 19.0. The molecular formula is C25H28N4O. The number of carbonyl (C=O) groups excluding carboxylic acids is 1. The molecule has 0 spiro atoms. The van der Waals surface area contributed by atoms with Gasteiger partial charge in [0.25, 0.3) is 0 Å². The van der Waals surface area contributed by atoms with E-state index in [-0.39, 0.29) is 0 Å². The van der Waals surface area contributed by atoms with E-state index in [0.717, 1.165) is 50.2 Å². The van der Waals surface area contributed by atoms with Crippen molar-refractivity contribution in [2.45, 2.75) is 44.7 Å². The Morgan fingerprint density at radius 1 is 1.17 bits per heavy atom. The molecule has 154 valence electrons. The van der Waals surface area contributed by atoms with Crippen LogP contribution in [0.25, 0.3) is 6.08 Å². The highest BCUT2D eigenvalue weighted by Crippen LogP contribution is 2.35. The van der Waals surface area contributed by atoms with Crippen molar-refractivity contribution in [2.75, 3.05) is 24.5 Å². The molecule has 2 fully saturated rings. The summed E-state index contributed by atoms with van der Waals surface area (Å²) in [4.78, 5) is 25.7. The Kier molecular flexibility index (Phi) is 5.11. The largest absolute Gasteiger partial charge is 0.365 e. The number of allylic oxidation sites excluding steroid dienone is 1. The molecule has 0 radical (unpaired) electrons. The van der Waals surface area contributed by atoms with E-state index in [1.807, 2.05) is 19.2 Å². The van der Waals surface area contributed by atoms with E-state index in [2.05, 4.69) is 51.2 Å². The monoisotopic (exact) mass is 400 g/mol. The van der Waals surface area contributed by atoms with Crippen LogP contribution < -0.4 is 4.90 Å². The fourth-order valence-electron chi connectivity index (χ4n) is 5.06. The van der Waals surface area contributed by atoms with Crippen LogP contribution in [0.15, 0.2) is 59.4 Å². The summed E-state index contributed by atoms with van der Waals surface area (Å²) in [7, 11) is 0. The smallest absolute Gasteiger partial charge is 0.222 e. The molecule has 2 saturated heterocycles. The summed E-state index contributed by atoms with van der Waals surface area (Å²) in [5, 5.41) is 0. The molecule has 5 heteroatoms. The van der Waals surface area contributed by atoms with Crippen molar-refractivity contribution < 1.29 is 4.79 Å². The molecule has 3 aliphatic rings. The van der Waals surface area contributed by atoms with Crippen LogP contribution in [-0.2, 0) is 4.79 Å². The fraction of sp³-hybridized carbons (Fsp3) is 0.400. The highest BCUT2D eigenvalue weighted by atomic mass is 16.2. The summed E-state index contributed by atoms with van der Waals surface area (Å²) in [6.45, 7) is 4.66. The number of pyridine rings is 1. The summed E-state index contributed by atoms with van der Waals surface area (Å²) >= 11 is 0. The quantitative estimate of drug-likeness (QED) is 0.781. The Balaban J connectivity index is 1.32. The number of benzene rings is 1. The molecule has 3 aliphatic heterocycles. The number of piperazine rings is 1. The van der Waals surface area contributed by atoms with Crippen LogP contribution in [0.2, 0.25) is 0 Å². The number of carbonyl (C=O) groups is 1. The molecule has 5 nitrogen and oxygen atoms in total. The number of nitrogens with zero attached hydrogens (tertiary/aromatic N) is 4. The third-order valence-corrected chi connectivity index (χ3v) is 6.54. The summed E-state index contributed by atoms with van der Waals surface area (Å²) < 4.78 is 0. The molecule has 1 aromatic carbocycles. The number of likely N-dealkylation sites (tertiary alicyclic amines) is 1. The molecule has 0 aliphatic carbocycles. The maximum atomic E-state index is 12.1. The molecule has 0 saturated carbocycles. The average molecular weight is 401 g/mol. The minimum Gasteiger partial charge on any atom is -0.365 e. The lowest BCUT2D eigenvalue weighted by Crippen LogP contribution is -2.48. The molecule has 5 rings (SSSR count). The second-order valence-electron chi connectivity index (χ2n) is 8.43. The number of rotatable bonds is 4. The van der Waals surface area contributed by atoms with E-state index < -0.39 is 0 Å². The predicted octanol–water partition coefficient (Wildman–Crippen LogP) is 3.95. The Morgan fingerprint density at radius 3 is 2.73 bits per heavy atom. The van der Waals surface area contributed by atoms with E-state index >= 15 is 0 Å². The van der Waals surface area contributed by atoms with Gasteiger partial charge in [0.1, 0.15) is 0 Å². The Hall–Kier alpha value is -2.95. The second-order valence-corrected chi connectivity index (χ2v) is 8.43. The maximum absolute atomic E-state index is 12.1. The first-order valence-corrected chi connectivity index (χ1v) is 11.0. The fourth-order valence-corrected chi connectivity index (χ4v) is 5.06. The van der Waals surface area contributed by atoms with Crippen LogP contribution in [-0.4, -0.2) is 53.2 Å². The first-order valence-electron chi connectivity index (χ1n) is 11.0. The van der Waals surface area contributed by atoms with Crippen LogP contribution in [0.1, 0.15) is 43.7 Å². The molecule has 4 heterocycles. The number of anilines is 1. The summed E-state index contributed by atoms with van der Waals surface area (Å²) in [5.74, 6) is 0.294. The summed E-state index contributed by atoms with van der Waals surface area (Å²) in [6, 6.07) is 13.8. The Labute approximate surface area is 178 Å². The average Bonchev–Trinajstić information content (AvgIpc) is 3.41. The van der Waals surface area contributed by atoms with E-state index in [1.54, 1.807) is 6.20 Å². The van der Waals surface area contributed by atoms with Crippen LogP contribution in [0.5, 0.6) is 0 Å². The number of fused-ring (bicyclic) bond motifs is 2. The SMILES string of the molecule is CCC(=O)N1C[C@H]2C[C@@H]1CN2c1ccc(/C=C2\CCCN=C2c2cccnc2)cc1. The standard InChI is InChI=1S/C25H28N4O/c1-2-24(30)29-17-22-14-23(29)16-28(22)21-9-7-18(8-10-21)13-19-5-4-12-27-25(19)20-6-3-11-26-15-20/h3,6-11,13,15,22-23H,2,4-5,12,14,16-17H2,1H3/b19-13+/t22-,23-/m1/s1. The number of aromatic nitrogens is 1. The molecule has 2 aromatic rings. The van der Waals surface area contributed by atoms with Gasteiger partial charge in [-0.25, -0.2) is 0 Å². The molecule has 0 unspecified atom stereocenters. The molecule has 30 heavy (non-hydrogen) atoms. The Bertz CT molecular complexity index is 980. The van der Waals surface area contributed by atoms with Crippen molar-refractivity contribution >= 4 is 23.4 Å². The maximum Gasteiger partial charge on any atom is 0.222 e. The van der Waals surface area contributed by atoms with Gasteiger partial charge in [-0.1, -0.05) is 19.1 Å². The van der Waals surface area contributed by atoms with E-state index in [4.69, 9.17) is 4.99 Å². The molecule has 1 aromatic heterocycles. The van der Waals surface area contributed by atoms with Gasteiger partial charge < -0.3 is 9.80 Å². The van der Waals surface area contributed by atoms with Gasteiger partial charge in [0.15, 0.2) is 0 Å². The third-order valence-electron chi connectivity index (χ3n) is 6.54. The third kappa shape index (κ3) is 3.53. The van der Waals surface area contributed by atoms with Crippen LogP contribution in [0, 0.1) is 0 Å². The number of hydrogen-bond donors (Lipinski definition) is 0. The molecular weight excluding hydrogens is 372 g/mol. The van der Waals surface area contributed by atoms with Gasteiger partial charge in [0.2, 0.25) is 5.91 Å². The van der Waals surface area contributed by atoms with Crippen molar-refractivity contribution in [3.8, 4) is 0 Å². The lowest BCUT2D eigenvalue weighted by molar-refractivity contribution is -0.131. The minimum atomic E-state index is 0.294. The number of amides is 1. The van der Waals surface area contributed by atoms with Gasteiger partial charge in [-0.15, -0.1) is 0 Å². The van der Waals surface area contributed by atoms with Gasteiger partial charge in [-0.2, -0.15) is 0 Å². The lowest BCUT2D eigenvalue weighted by Gasteiger charge is -2.35. The number of aliphatic imine (C=N–C) groups is 1. The van der Waals surface area contributed by atoms with Gasteiger partial charge in [0, 0.05) is 55.7 Å². The minimum absolute atomic E-state index is 0.294. The molecule has 0 N–H and O–H groups in total. The van der Waals surface area contributed by atoms with Crippen molar-refractivity contribution in [1.82, 2.24) is 9.88 Å². The van der Waals surface area contributed by atoms with Crippen molar-refractivity contribution in [3.05, 3.63) is 65.5 Å². The van der Waals surface area contributed by atoms with Crippen molar-refractivity contribution in [1.29, 1.82) is 0 Å². The van der Waals surface area contributed by atoms with Gasteiger partial charge in [-0.05, 0) is 60.7 Å². The first-order chi connectivity index (χ1) is 14.7. The molecule has 2 atom stereocenters. The van der Waals surface area contributed by atoms with Gasteiger partial charge >= 0.3 is 0 Å². The van der Waals surface area contributed by atoms with Crippen LogP contribution in [0.4, 0.5) is 5.69 Å². The highest BCUT2D eigenvalue weighted by Gasteiger charge is 2.44. The number of hydrogen-bond acceptors (Lipinski definition) is 4. The molecule has 1 amide bonds. The predicted molar refractivity (Wildman–Crippen MR) is 121 cm³/mol. The van der Waals surface area contributed by atoms with Gasteiger partial charge in [-0.3, -0.25) is 14.8 Å². The van der Waals surface area contributed by atoms with Crippen LogP contribution in [0.3, 0.4) is 0 Å². The zero-order valence-corrected chi connectivity index (χ0v) is 17.5. The van der Waals surface area contributed by atoms with Gasteiger partial charge in [0.05, 0.1) is 11.8 Å². The van der Waals surface area contributed by atoms with E-state index in [1.165, 1.54) is 16.8 Å². The lowest BCUT2D eigenvalue weighted by atomic mass is 9.95. The normalized spacial score (nSPS) is 24.4. The summed E-state index contributed by atoms with van der Waals surface area (Å²) in [5.41, 5.74) is 5.93. The topological polar surface area (TPSA) is 48.8 Å². The highest BCUT2D eigenvalue weighted by molar-refractivity contribution is 6.15. The Morgan fingerprint density at radius 2 is 2.03 bits per heavy atom. The zero-order chi connectivity index (χ0) is 20.5. The zero-order valence-electron chi connectivity index (χ0n) is 17.5. The van der Waals surface area contributed by atoms with Crippen molar-refractivity contribution in [2.24, 2.45) is 4.99 Å². The molecule has 2 bridgehead atoms. The summed E-state index contributed by atoms with van der Waals surface area (Å²) in [6.07, 6.45) is 9.82. The van der Waals surface area contributed by atoms with Crippen LogP contribution >= 0.6 is 0 Å². The van der Waals surface area contributed by atoms with Crippen molar-refractivity contribution in [3.63, 3.8) is 0 Å². The van der Waals surface area contributed by atoms with E-state index in [9.17, 15) is 4.79 Å².